The molecule has 1 N–H and O–H groups in total. The van der Waals surface area contributed by atoms with E-state index >= 15 is 0 Å². The normalized spacial score (nSPS) is 19.5. The summed E-state index contributed by atoms with van der Waals surface area (Å²) in [5, 5.41) is 2.95. The molecule has 0 aromatic carbocycles. The van der Waals surface area contributed by atoms with Crippen LogP contribution in [0.25, 0.3) is 0 Å². The second kappa shape index (κ2) is 6.92. The molecule has 0 aromatic rings. The maximum Gasteiger partial charge on any atom is 0.248 e. The van der Waals surface area contributed by atoms with E-state index in [1.807, 2.05) is 18.7 Å². The van der Waals surface area contributed by atoms with Crippen molar-refractivity contribution in [3.63, 3.8) is 0 Å². The van der Waals surface area contributed by atoms with Crippen molar-refractivity contribution < 1.29 is 9.59 Å². The summed E-state index contributed by atoms with van der Waals surface area (Å²) in [6, 6.07) is 0. The minimum Gasteiger partial charge on any atom is -0.342 e. The van der Waals surface area contributed by atoms with Crippen molar-refractivity contribution in [2.45, 2.75) is 65.3 Å². The second-order valence-corrected chi connectivity index (χ2v) is 5.52. The SMILES string of the molecule is CCC(CC)CN1CCC(=O)NC(CC)(CC)C1=O. The fraction of sp³-hybridized carbons (Fsp3) is 0.867. The van der Waals surface area contributed by atoms with Gasteiger partial charge in [0.25, 0.3) is 0 Å². The number of hydrogen-bond donors (Lipinski definition) is 1. The van der Waals surface area contributed by atoms with Gasteiger partial charge in [0.05, 0.1) is 0 Å². The van der Waals surface area contributed by atoms with Gasteiger partial charge in [-0.25, -0.2) is 0 Å². The van der Waals surface area contributed by atoms with Gasteiger partial charge in [0.2, 0.25) is 11.8 Å². The minimum atomic E-state index is -0.681. The number of carbonyl (C=O) groups is 2. The molecule has 19 heavy (non-hydrogen) atoms. The summed E-state index contributed by atoms with van der Waals surface area (Å²) in [5.74, 6) is 0.642. The summed E-state index contributed by atoms with van der Waals surface area (Å²) in [6.07, 6.45) is 3.90. The first kappa shape index (κ1) is 16.0. The van der Waals surface area contributed by atoms with Crippen molar-refractivity contribution in [3.8, 4) is 0 Å². The molecule has 1 saturated heterocycles. The highest BCUT2D eigenvalue weighted by atomic mass is 16.2. The van der Waals surface area contributed by atoms with Gasteiger partial charge >= 0.3 is 0 Å². The Hall–Kier alpha value is -1.06. The molecule has 2 amide bonds. The van der Waals surface area contributed by atoms with E-state index in [9.17, 15) is 9.59 Å². The van der Waals surface area contributed by atoms with E-state index < -0.39 is 5.54 Å². The van der Waals surface area contributed by atoms with Gasteiger partial charge in [-0.2, -0.15) is 0 Å². The number of hydrogen-bond acceptors (Lipinski definition) is 2. The first-order valence-corrected chi connectivity index (χ1v) is 7.63. The van der Waals surface area contributed by atoms with Crippen molar-refractivity contribution in [2.75, 3.05) is 13.1 Å². The Morgan fingerprint density at radius 1 is 1.16 bits per heavy atom. The molecule has 1 aliphatic rings. The summed E-state index contributed by atoms with van der Waals surface area (Å²) < 4.78 is 0. The van der Waals surface area contributed by atoms with Crippen LogP contribution in [-0.4, -0.2) is 35.3 Å². The van der Waals surface area contributed by atoms with Gasteiger partial charge in [-0.15, -0.1) is 0 Å². The van der Waals surface area contributed by atoms with E-state index in [1.165, 1.54) is 0 Å². The van der Waals surface area contributed by atoms with Crippen molar-refractivity contribution in [1.29, 1.82) is 0 Å². The van der Waals surface area contributed by atoms with Crippen LogP contribution in [0.1, 0.15) is 59.8 Å². The first-order valence-electron chi connectivity index (χ1n) is 7.63. The lowest BCUT2D eigenvalue weighted by molar-refractivity contribution is -0.139. The lowest BCUT2D eigenvalue weighted by Crippen LogP contribution is -2.57. The number of rotatable bonds is 6. The van der Waals surface area contributed by atoms with E-state index in [0.29, 0.717) is 31.7 Å². The third-order valence-electron chi connectivity index (χ3n) is 4.52. The third kappa shape index (κ3) is 3.48. The molecule has 4 nitrogen and oxygen atoms in total. The van der Waals surface area contributed by atoms with E-state index in [0.717, 1.165) is 19.4 Å². The standard InChI is InChI=1S/C15H28N2O2/c1-5-12(6-2)11-17-10-9-13(18)16-15(7-3,8-4)14(17)19/h12H,5-11H2,1-4H3,(H,16,18). The van der Waals surface area contributed by atoms with E-state index in [4.69, 9.17) is 0 Å². The Morgan fingerprint density at radius 3 is 2.21 bits per heavy atom. The third-order valence-corrected chi connectivity index (χ3v) is 4.52. The van der Waals surface area contributed by atoms with Gasteiger partial charge in [-0.1, -0.05) is 40.5 Å². The summed E-state index contributed by atoms with van der Waals surface area (Å²) in [5.41, 5.74) is -0.681. The Morgan fingerprint density at radius 2 is 1.74 bits per heavy atom. The average molecular weight is 268 g/mol. The molecule has 4 heteroatoms. The molecule has 0 radical (unpaired) electrons. The highest BCUT2D eigenvalue weighted by Crippen LogP contribution is 2.23. The smallest absolute Gasteiger partial charge is 0.248 e. The monoisotopic (exact) mass is 268 g/mol. The average Bonchev–Trinajstić information content (AvgIpc) is 2.55. The van der Waals surface area contributed by atoms with Gasteiger partial charge in [0.15, 0.2) is 0 Å². The predicted octanol–water partition coefficient (Wildman–Crippen LogP) is 2.33. The number of nitrogens with one attached hydrogen (secondary N) is 1. The van der Waals surface area contributed by atoms with Crippen LogP contribution in [0.4, 0.5) is 0 Å². The lowest BCUT2D eigenvalue weighted by atomic mass is 9.90. The highest BCUT2D eigenvalue weighted by Gasteiger charge is 2.41. The molecule has 1 fully saturated rings. The molecular weight excluding hydrogens is 240 g/mol. The summed E-state index contributed by atoms with van der Waals surface area (Å²) in [6.45, 7) is 9.61. The Kier molecular flexibility index (Phi) is 5.83. The second-order valence-electron chi connectivity index (χ2n) is 5.52. The van der Waals surface area contributed by atoms with E-state index in [-0.39, 0.29) is 11.8 Å². The molecule has 0 atom stereocenters. The van der Waals surface area contributed by atoms with E-state index in [1.54, 1.807) is 0 Å². The van der Waals surface area contributed by atoms with Crippen molar-refractivity contribution in [2.24, 2.45) is 5.92 Å². The molecule has 0 spiro atoms. The summed E-state index contributed by atoms with van der Waals surface area (Å²) >= 11 is 0. The van der Waals surface area contributed by atoms with Gasteiger partial charge < -0.3 is 10.2 Å². The maximum absolute atomic E-state index is 12.8. The number of carbonyl (C=O) groups excluding carboxylic acids is 2. The molecule has 110 valence electrons. The maximum atomic E-state index is 12.8. The fourth-order valence-electron chi connectivity index (χ4n) is 2.79. The van der Waals surface area contributed by atoms with Crippen LogP contribution in [-0.2, 0) is 9.59 Å². The molecule has 0 unspecified atom stereocenters. The van der Waals surface area contributed by atoms with Crippen LogP contribution in [0.5, 0.6) is 0 Å². The topological polar surface area (TPSA) is 49.4 Å². The molecule has 1 heterocycles. The molecule has 1 rings (SSSR count). The lowest BCUT2D eigenvalue weighted by Gasteiger charge is -2.35. The summed E-state index contributed by atoms with van der Waals surface area (Å²) in [4.78, 5) is 26.5. The molecule has 0 aromatic heterocycles. The molecule has 1 aliphatic heterocycles. The zero-order valence-electron chi connectivity index (χ0n) is 12.8. The minimum absolute atomic E-state index is 0.00379. The van der Waals surface area contributed by atoms with Gasteiger partial charge in [-0.3, -0.25) is 9.59 Å². The Balaban J connectivity index is 2.92. The van der Waals surface area contributed by atoms with Crippen molar-refractivity contribution >= 4 is 11.8 Å². The molecule has 0 bridgehead atoms. The number of amides is 2. The predicted molar refractivity (Wildman–Crippen MR) is 76.7 cm³/mol. The van der Waals surface area contributed by atoms with Gasteiger partial charge in [-0.05, 0) is 18.8 Å². The molecular formula is C15H28N2O2. The van der Waals surface area contributed by atoms with Gasteiger partial charge in [0.1, 0.15) is 5.54 Å². The Bertz CT molecular complexity index is 320. The van der Waals surface area contributed by atoms with Crippen LogP contribution in [0, 0.1) is 5.92 Å². The van der Waals surface area contributed by atoms with Crippen molar-refractivity contribution in [1.82, 2.24) is 10.2 Å². The zero-order valence-corrected chi connectivity index (χ0v) is 12.8. The van der Waals surface area contributed by atoms with Crippen LogP contribution in [0.3, 0.4) is 0 Å². The van der Waals surface area contributed by atoms with Gasteiger partial charge in [0, 0.05) is 19.5 Å². The van der Waals surface area contributed by atoms with Crippen molar-refractivity contribution in [3.05, 3.63) is 0 Å². The molecule has 0 aliphatic carbocycles. The molecule has 0 saturated carbocycles. The first-order chi connectivity index (χ1) is 9.02. The van der Waals surface area contributed by atoms with Crippen LogP contribution in [0.15, 0.2) is 0 Å². The number of nitrogens with zero attached hydrogens (tertiary/aromatic N) is 1. The fourth-order valence-corrected chi connectivity index (χ4v) is 2.79. The largest absolute Gasteiger partial charge is 0.342 e. The van der Waals surface area contributed by atoms with Crippen LogP contribution >= 0.6 is 0 Å². The van der Waals surface area contributed by atoms with Crippen LogP contribution in [0.2, 0.25) is 0 Å². The quantitative estimate of drug-likeness (QED) is 0.804. The van der Waals surface area contributed by atoms with E-state index in [2.05, 4.69) is 19.2 Å². The highest BCUT2D eigenvalue weighted by molar-refractivity contribution is 5.93. The summed E-state index contributed by atoms with van der Waals surface area (Å²) in [7, 11) is 0. The van der Waals surface area contributed by atoms with Crippen LogP contribution < -0.4 is 5.32 Å². The Labute approximate surface area is 116 Å². The zero-order chi connectivity index (χ0) is 14.5.